The Morgan fingerprint density at radius 3 is 2.58 bits per heavy atom. The van der Waals surface area contributed by atoms with Gasteiger partial charge in [0.15, 0.2) is 5.89 Å². The molecule has 0 aliphatic heterocycles. The summed E-state index contributed by atoms with van der Waals surface area (Å²) < 4.78 is 5.55. The zero-order valence-electron chi connectivity index (χ0n) is 10.7. The molecular weight excluding hydrogens is 266 g/mol. The van der Waals surface area contributed by atoms with E-state index in [0.29, 0.717) is 28.8 Å². The van der Waals surface area contributed by atoms with Crippen molar-refractivity contribution in [2.75, 3.05) is 0 Å². The topological polar surface area (TPSA) is 63.3 Å². The number of oxazole rings is 1. The molecule has 1 heterocycles. The maximum Gasteiger partial charge on any atom is 0.314 e. The number of carboxylic acids is 1. The maximum absolute atomic E-state index is 11.1. The number of aryl methyl sites for hydroxylation is 1. The first-order valence-corrected chi connectivity index (χ1v) is 6.39. The number of aliphatic carboxylic acids is 1. The molecule has 4 nitrogen and oxygen atoms in total. The summed E-state index contributed by atoms with van der Waals surface area (Å²) in [5.74, 6) is -0.757. The molecule has 1 aromatic carbocycles. The Bertz CT molecular complexity index is 589. The normalized spacial score (nSPS) is 12.4. The van der Waals surface area contributed by atoms with Crippen LogP contribution in [-0.4, -0.2) is 16.1 Å². The second-order valence-corrected chi connectivity index (χ2v) is 4.68. The van der Waals surface area contributed by atoms with Crippen LogP contribution in [0.1, 0.15) is 31.4 Å². The van der Waals surface area contributed by atoms with Crippen LogP contribution in [0.2, 0.25) is 5.02 Å². The van der Waals surface area contributed by atoms with E-state index in [0.717, 1.165) is 5.56 Å². The highest BCUT2D eigenvalue weighted by Gasteiger charge is 2.24. The van der Waals surface area contributed by atoms with Crippen molar-refractivity contribution < 1.29 is 14.3 Å². The van der Waals surface area contributed by atoms with E-state index < -0.39 is 11.9 Å². The van der Waals surface area contributed by atoms with E-state index in [1.807, 2.05) is 6.92 Å². The molecule has 2 aromatic rings. The Morgan fingerprint density at radius 2 is 2.05 bits per heavy atom. The van der Waals surface area contributed by atoms with Gasteiger partial charge in [0.1, 0.15) is 17.4 Å². The van der Waals surface area contributed by atoms with Gasteiger partial charge in [0.2, 0.25) is 0 Å². The van der Waals surface area contributed by atoms with Crippen molar-refractivity contribution in [3.8, 4) is 11.3 Å². The molecule has 0 saturated carbocycles. The van der Waals surface area contributed by atoms with Crippen LogP contribution in [0.3, 0.4) is 0 Å². The predicted octanol–water partition coefficient (Wildman–Crippen LogP) is 3.75. The molecule has 0 amide bonds. The van der Waals surface area contributed by atoms with Crippen LogP contribution >= 0.6 is 11.6 Å². The summed E-state index contributed by atoms with van der Waals surface area (Å²) in [6.45, 7) is 3.49. The molecule has 0 aliphatic rings. The standard InChI is InChI=1S/C14H14ClNO3/c1-3-11-16-12(9-4-6-10(15)7-5-9)13(19-11)8(2)14(17)18/h4-8H,3H2,1-2H3,(H,17,18). The summed E-state index contributed by atoms with van der Waals surface area (Å²) in [5, 5.41) is 9.75. The minimum atomic E-state index is -0.936. The first kappa shape index (κ1) is 13.6. The fraction of sp³-hybridized carbons (Fsp3) is 0.286. The Kier molecular flexibility index (Phi) is 3.90. The molecule has 5 heteroatoms. The number of aromatic nitrogens is 1. The Morgan fingerprint density at radius 1 is 1.42 bits per heavy atom. The quantitative estimate of drug-likeness (QED) is 0.926. The van der Waals surface area contributed by atoms with Crippen molar-refractivity contribution in [1.82, 2.24) is 4.98 Å². The molecule has 2 rings (SSSR count). The predicted molar refractivity (Wildman–Crippen MR) is 72.4 cm³/mol. The molecule has 1 unspecified atom stereocenters. The number of hydrogen-bond donors (Lipinski definition) is 1. The van der Waals surface area contributed by atoms with Gasteiger partial charge in [0.25, 0.3) is 0 Å². The molecule has 0 bridgehead atoms. The second-order valence-electron chi connectivity index (χ2n) is 4.24. The number of rotatable bonds is 4. The van der Waals surface area contributed by atoms with E-state index in [1.165, 1.54) is 0 Å². The maximum atomic E-state index is 11.1. The SMILES string of the molecule is CCc1nc(-c2ccc(Cl)cc2)c(C(C)C(=O)O)o1. The Hall–Kier alpha value is -1.81. The summed E-state index contributed by atoms with van der Waals surface area (Å²) in [6, 6.07) is 7.09. The Balaban J connectivity index is 2.52. The lowest BCUT2D eigenvalue weighted by Gasteiger charge is -2.05. The van der Waals surface area contributed by atoms with Gasteiger partial charge in [0, 0.05) is 17.0 Å². The van der Waals surface area contributed by atoms with Crippen molar-refractivity contribution in [1.29, 1.82) is 0 Å². The monoisotopic (exact) mass is 279 g/mol. The van der Waals surface area contributed by atoms with Gasteiger partial charge >= 0.3 is 5.97 Å². The van der Waals surface area contributed by atoms with Crippen LogP contribution in [0.4, 0.5) is 0 Å². The summed E-state index contributed by atoms with van der Waals surface area (Å²) in [7, 11) is 0. The molecule has 1 atom stereocenters. The minimum absolute atomic E-state index is 0.381. The van der Waals surface area contributed by atoms with E-state index in [1.54, 1.807) is 31.2 Å². The van der Waals surface area contributed by atoms with Gasteiger partial charge in [-0.05, 0) is 19.1 Å². The van der Waals surface area contributed by atoms with Crippen LogP contribution in [0.15, 0.2) is 28.7 Å². The van der Waals surface area contributed by atoms with Crippen LogP contribution in [0.25, 0.3) is 11.3 Å². The molecule has 19 heavy (non-hydrogen) atoms. The van der Waals surface area contributed by atoms with Gasteiger partial charge in [-0.3, -0.25) is 4.79 Å². The van der Waals surface area contributed by atoms with E-state index in [4.69, 9.17) is 21.1 Å². The highest BCUT2D eigenvalue weighted by atomic mass is 35.5. The first-order valence-electron chi connectivity index (χ1n) is 6.01. The average molecular weight is 280 g/mol. The van der Waals surface area contributed by atoms with E-state index in [-0.39, 0.29) is 0 Å². The van der Waals surface area contributed by atoms with Crippen molar-refractivity contribution in [3.05, 3.63) is 40.9 Å². The molecule has 0 aliphatic carbocycles. The summed E-state index contributed by atoms with van der Waals surface area (Å²) in [6.07, 6.45) is 0.618. The van der Waals surface area contributed by atoms with Gasteiger partial charge in [-0.1, -0.05) is 30.7 Å². The fourth-order valence-electron chi connectivity index (χ4n) is 1.75. The average Bonchev–Trinajstić information content (AvgIpc) is 2.82. The van der Waals surface area contributed by atoms with Crippen molar-refractivity contribution in [2.45, 2.75) is 26.2 Å². The van der Waals surface area contributed by atoms with E-state index in [9.17, 15) is 4.79 Å². The van der Waals surface area contributed by atoms with Crippen molar-refractivity contribution >= 4 is 17.6 Å². The molecule has 1 N–H and O–H groups in total. The van der Waals surface area contributed by atoms with E-state index >= 15 is 0 Å². The van der Waals surface area contributed by atoms with Gasteiger partial charge in [-0.2, -0.15) is 0 Å². The molecule has 100 valence electrons. The Labute approximate surface area is 116 Å². The number of halogens is 1. The molecule has 0 fully saturated rings. The number of nitrogens with zero attached hydrogens (tertiary/aromatic N) is 1. The number of carboxylic acid groups (broad SMARTS) is 1. The lowest BCUT2D eigenvalue weighted by atomic mass is 10.0. The summed E-state index contributed by atoms with van der Waals surface area (Å²) in [4.78, 5) is 15.5. The number of benzene rings is 1. The summed E-state index contributed by atoms with van der Waals surface area (Å²) in [5.41, 5.74) is 1.37. The second kappa shape index (κ2) is 5.45. The van der Waals surface area contributed by atoms with Crippen LogP contribution in [0, 0.1) is 0 Å². The molecule has 0 radical (unpaired) electrons. The first-order chi connectivity index (χ1) is 9.02. The van der Waals surface area contributed by atoms with Crippen molar-refractivity contribution in [2.24, 2.45) is 0 Å². The van der Waals surface area contributed by atoms with Gasteiger partial charge in [-0.25, -0.2) is 4.98 Å². The zero-order valence-corrected chi connectivity index (χ0v) is 11.4. The minimum Gasteiger partial charge on any atom is -0.481 e. The third-order valence-electron chi connectivity index (χ3n) is 2.88. The van der Waals surface area contributed by atoms with Crippen LogP contribution in [-0.2, 0) is 11.2 Å². The lowest BCUT2D eigenvalue weighted by molar-refractivity contribution is -0.138. The molecule has 0 saturated heterocycles. The zero-order chi connectivity index (χ0) is 14.0. The largest absolute Gasteiger partial charge is 0.481 e. The van der Waals surface area contributed by atoms with Gasteiger partial charge in [0.05, 0.1) is 0 Å². The molecule has 0 spiro atoms. The third-order valence-corrected chi connectivity index (χ3v) is 3.13. The fourth-order valence-corrected chi connectivity index (χ4v) is 1.88. The van der Waals surface area contributed by atoms with Crippen molar-refractivity contribution in [3.63, 3.8) is 0 Å². The number of carbonyl (C=O) groups is 1. The smallest absolute Gasteiger partial charge is 0.314 e. The van der Waals surface area contributed by atoms with Gasteiger partial charge < -0.3 is 9.52 Å². The highest BCUT2D eigenvalue weighted by Crippen LogP contribution is 2.31. The number of hydrogen-bond acceptors (Lipinski definition) is 3. The molecular formula is C14H14ClNO3. The molecule has 1 aromatic heterocycles. The van der Waals surface area contributed by atoms with Crippen LogP contribution < -0.4 is 0 Å². The van der Waals surface area contributed by atoms with Gasteiger partial charge in [-0.15, -0.1) is 0 Å². The van der Waals surface area contributed by atoms with E-state index in [2.05, 4.69) is 4.98 Å². The highest BCUT2D eigenvalue weighted by molar-refractivity contribution is 6.30. The lowest BCUT2D eigenvalue weighted by Crippen LogP contribution is -2.07. The summed E-state index contributed by atoms with van der Waals surface area (Å²) >= 11 is 5.85. The van der Waals surface area contributed by atoms with Crippen LogP contribution in [0.5, 0.6) is 0 Å². The third kappa shape index (κ3) is 2.79.